The summed E-state index contributed by atoms with van der Waals surface area (Å²) in [7, 11) is 0. The van der Waals surface area contributed by atoms with Gasteiger partial charge < -0.3 is 4.90 Å². The quantitative estimate of drug-likeness (QED) is 0.290. The molecule has 2 aromatic carbocycles. The molecule has 0 bridgehead atoms. The van der Waals surface area contributed by atoms with Crippen LogP contribution in [0.3, 0.4) is 0 Å². The molecule has 0 spiro atoms. The van der Waals surface area contributed by atoms with Gasteiger partial charge >= 0.3 is 0 Å². The zero-order chi connectivity index (χ0) is 22.8. The van der Waals surface area contributed by atoms with Crippen molar-refractivity contribution in [2.75, 3.05) is 6.54 Å². The molecule has 5 rings (SSSR count). The van der Waals surface area contributed by atoms with E-state index in [1.54, 1.807) is 41.3 Å². The van der Waals surface area contributed by atoms with Crippen molar-refractivity contribution in [1.82, 2.24) is 29.9 Å². The summed E-state index contributed by atoms with van der Waals surface area (Å²) in [5.41, 5.74) is 3.99. The minimum atomic E-state index is -0.159. The number of benzene rings is 2. The second-order valence-electron chi connectivity index (χ2n) is 7.49. The largest absolute Gasteiger partial charge is 0.333 e. The van der Waals surface area contributed by atoms with Crippen molar-refractivity contribution < 1.29 is 4.79 Å². The summed E-state index contributed by atoms with van der Waals surface area (Å²) in [6, 6.07) is 15.1. The Labute approximate surface area is 204 Å². The van der Waals surface area contributed by atoms with Crippen LogP contribution < -0.4 is 0 Å². The molecule has 0 fully saturated rings. The van der Waals surface area contributed by atoms with Crippen LogP contribution in [0.1, 0.15) is 27.3 Å². The summed E-state index contributed by atoms with van der Waals surface area (Å²) < 4.78 is 1.61. The molecule has 0 N–H and O–H groups in total. The summed E-state index contributed by atoms with van der Waals surface area (Å²) >= 11 is 13.8. The Morgan fingerprint density at radius 1 is 1.00 bits per heavy atom. The minimum absolute atomic E-state index is 0.159. The molecular weight excluding hydrogens is 479 g/mol. The highest BCUT2D eigenvalue weighted by Crippen LogP contribution is 2.28. The highest BCUT2D eigenvalue weighted by Gasteiger charge is 2.28. The van der Waals surface area contributed by atoms with E-state index in [4.69, 9.17) is 23.2 Å². The van der Waals surface area contributed by atoms with Crippen molar-refractivity contribution >= 4 is 40.9 Å². The monoisotopic (exact) mass is 496 g/mol. The standard InChI is InChI=1S/C23H18Cl2N6OS/c24-17-10-18(25)12-19(11-17)31-20(14-33-23-26-7-3-8-27-23)21(28-29-31)22(32)30-9-6-15-4-1-2-5-16(15)13-30/h1-5,7-8,10-12H,6,9,13-14H2. The Balaban J connectivity index is 1.50. The van der Waals surface area contributed by atoms with Gasteiger partial charge in [0.1, 0.15) is 0 Å². The van der Waals surface area contributed by atoms with Crippen molar-refractivity contribution in [3.05, 3.63) is 93.5 Å². The van der Waals surface area contributed by atoms with Gasteiger partial charge in [0.25, 0.3) is 5.91 Å². The van der Waals surface area contributed by atoms with E-state index in [1.165, 1.54) is 17.3 Å². The average Bonchev–Trinajstić information content (AvgIpc) is 3.26. The first-order chi connectivity index (χ1) is 16.1. The van der Waals surface area contributed by atoms with Crippen molar-refractivity contribution in [2.45, 2.75) is 23.9 Å². The molecule has 166 valence electrons. The van der Waals surface area contributed by atoms with E-state index < -0.39 is 0 Å². The number of amides is 1. The molecule has 0 aliphatic carbocycles. The maximum absolute atomic E-state index is 13.5. The summed E-state index contributed by atoms with van der Waals surface area (Å²) in [4.78, 5) is 23.9. The van der Waals surface area contributed by atoms with Gasteiger partial charge in [0, 0.05) is 41.3 Å². The number of carbonyl (C=O) groups is 1. The fourth-order valence-corrected chi connectivity index (χ4v) is 5.09. The van der Waals surface area contributed by atoms with Crippen LogP contribution in [0.4, 0.5) is 0 Å². The summed E-state index contributed by atoms with van der Waals surface area (Å²) in [5, 5.41) is 10.1. The minimum Gasteiger partial charge on any atom is -0.333 e. The van der Waals surface area contributed by atoms with Crippen molar-refractivity contribution in [1.29, 1.82) is 0 Å². The molecule has 0 saturated heterocycles. The number of halogens is 2. The topological polar surface area (TPSA) is 76.8 Å². The van der Waals surface area contributed by atoms with Crippen molar-refractivity contribution in [2.24, 2.45) is 0 Å². The fraction of sp³-hybridized carbons (Fsp3) is 0.174. The van der Waals surface area contributed by atoms with Gasteiger partial charge in [-0.15, -0.1) is 5.10 Å². The Hall–Kier alpha value is -2.94. The molecule has 0 unspecified atom stereocenters. The molecule has 0 saturated carbocycles. The summed E-state index contributed by atoms with van der Waals surface area (Å²) in [6.45, 7) is 1.17. The van der Waals surface area contributed by atoms with Gasteiger partial charge in [-0.05, 0) is 41.8 Å². The predicted octanol–water partition coefficient (Wildman–Crippen LogP) is 4.85. The van der Waals surface area contributed by atoms with Crippen LogP contribution in [0.15, 0.2) is 66.1 Å². The second-order valence-corrected chi connectivity index (χ2v) is 9.31. The van der Waals surface area contributed by atoms with Gasteiger partial charge in [0.05, 0.1) is 11.4 Å². The smallest absolute Gasteiger partial charge is 0.276 e. The highest BCUT2D eigenvalue weighted by molar-refractivity contribution is 7.98. The lowest BCUT2D eigenvalue weighted by Gasteiger charge is -2.28. The SMILES string of the molecule is O=C(c1nnn(-c2cc(Cl)cc(Cl)c2)c1CSc1ncccn1)N1CCc2ccccc2C1. The zero-order valence-corrected chi connectivity index (χ0v) is 19.7. The predicted molar refractivity (Wildman–Crippen MR) is 128 cm³/mol. The van der Waals surface area contributed by atoms with E-state index in [-0.39, 0.29) is 5.91 Å². The Morgan fingerprint density at radius 2 is 1.73 bits per heavy atom. The number of nitrogens with zero attached hydrogens (tertiary/aromatic N) is 6. The van der Waals surface area contributed by atoms with E-state index in [9.17, 15) is 4.79 Å². The first-order valence-electron chi connectivity index (χ1n) is 10.3. The van der Waals surface area contributed by atoms with Crippen LogP contribution in [0, 0.1) is 0 Å². The number of fused-ring (bicyclic) bond motifs is 1. The second kappa shape index (κ2) is 9.51. The van der Waals surface area contributed by atoms with Crippen LogP contribution in [-0.4, -0.2) is 42.3 Å². The maximum Gasteiger partial charge on any atom is 0.276 e. The number of thioether (sulfide) groups is 1. The molecule has 1 aliphatic rings. The molecule has 3 heterocycles. The van der Waals surface area contributed by atoms with Crippen LogP contribution in [-0.2, 0) is 18.7 Å². The molecule has 1 aliphatic heterocycles. The van der Waals surface area contributed by atoms with Gasteiger partial charge in [-0.2, -0.15) is 0 Å². The lowest BCUT2D eigenvalue weighted by Crippen LogP contribution is -2.36. The van der Waals surface area contributed by atoms with Gasteiger partial charge in [0.2, 0.25) is 0 Å². The molecule has 33 heavy (non-hydrogen) atoms. The average molecular weight is 497 g/mol. The summed E-state index contributed by atoms with van der Waals surface area (Å²) in [5.74, 6) is 0.237. The summed E-state index contributed by atoms with van der Waals surface area (Å²) in [6.07, 6.45) is 4.17. The van der Waals surface area contributed by atoms with E-state index in [1.807, 2.05) is 17.0 Å². The fourth-order valence-electron chi connectivity index (χ4n) is 3.78. The van der Waals surface area contributed by atoms with Gasteiger partial charge in [-0.3, -0.25) is 4.79 Å². The molecule has 2 aromatic heterocycles. The maximum atomic E-state index is 13.5. The number of aromatic nitrogens is 5. The number of hydrogen-bond acceptors (Lipinski definition) is 6. The molecular formula is C23H18Cl2N6OS. The first kappa shape index (κ1) is 21.9. The molecule has 1 amide bonds. The number of rotatable bonds is 5. The van der Waals surface area contributed by atoms with Crippen LogP contribution in [0.25, 0.3) is 5.69 Å². The third-order valence-corrected chi connectivity index (χ3v) is 6.68. The van der Waals surface area contributed by atoms with Gasteiger partial charge in [0.15, 0.2) is 10.9 Å². The Kier molecular flexibility index (Phi) is 6.30. The van der Waals surface area contributed by atoms with Gasteiger partial charge in [-0.1, -0.05) is 64.4 Å². The van der Waals surface area contributed by atoms with E-state index in [0.29, 0.717) is 51.1 Å². The molecule has 4 aromatic rings. The van der Waals surface area contributed by atoms with E-state index in [2.05, 4.69) is 32.4 Å². The Bertz CT molecular complexity index is 1290. The Morgan fingerprint density at radius 3 is 2.48 bits per heavy atom. The third kappa shape index (κ3) is 4.73. The van der Waals surface area contributed by atoms with E-state index in [0.717, 1.165) is 12.0 Å². The molecule has 10 heteroatoms. The van der Waals surface area contributed by atoms with Gasteiger partial charge in [-0.25, -0.2) is 14.6 Å². The van der Waals surface area contributed by atoms with Crippen molar-refractivity contribution in [3.63, 3.8) is 0 Å². The third-order valence-electron chi connectivity index (χ3n) is 5.36. The van der Waals surface area contributed by atoms with Crippen molar-refractivity contribution in [3.8, 4) is 5.69 Å². The lowest BCUT2D eigenvalue weighted by molar-refractivity contribution is 0.0727. The molecule has 7 nitrogen and oxygen atoms in total. The van der Waals surface area contributed by atoms with Crippen LogP contribution >= 0.6 is 35.0 Å². The van der Waals surface area contributed by atoms with Crippen LogP contribution in [0.5, 0.6) is 0 Å². The molecule has 0 atom stereocenters. The first-order valence-corrected chi connectivity index (χ1v) is 12.0. The lowest BCUT2D eigenvalue weighted by atomic mass is 10.00. The number of hydrogen-bond donors (Lipinski definition) is 0. The number of carbonyl (C=O) groups excluding carboxylic acids is 1. The molecule has 0 radical (unpaired) electrons. The zero-order valence-electron chi connectivity index (χ0n) is 17.4. The normalized spacial score (nSPS) is 13.1. The highest BCUT2D eigenvalue weighted by atomic mass is 35.5. The van der Waals surface area contributed by atoms with Crippen LogP contribution in [0.2, 0.25) is 10.0 Å². The van der Waals surface area contributed by atoms with E-state index >= 15 is 0 Å².